The molecule has 14 heavy (non-hydrogen) atoms. The lowest BCUT2D eigenvalue weighted by molar-refractivity contribution is 1.42. The van der Waals surface area contributed by atoms with Crippen LogP contribution in [0.25, 0.3) is 6.08 Å². The number of halogens is 1. The first kappa shape index (κ1) is 11.4. The smallest absolute Gasteiger partial charge is 0.0592 e. The van der Waals surface area contributed by atoms with Crippen LogP contribution in [0.4, 0.5) is 0 Å². The van der Waals surface area contributed by atoms with Gasteiger partial charge in [0.1, 0.15) is 0 Å². The van der Waals surface area contributed by atoms with Gasteiger partial charge in [0.25, 0.3) is 0 Å². The average Bonchev–Trinajstić information content (AvgIpc) is 2.24. The number of rotatable bonds is 4. The molecule has 0 amide bonds. The van der Waals surface area contributed by atoms with Crippen LogP contribution in [0.1, 0.15) is 5.56 Å². The molecule has 0 aliphatic heterocycles. The second-order valence-corrected chi connectivity index (χ2v) is 4.25. The van der Waals surface area contributed by atoms with E-state index in [1.54, 1.807) is 11.8 Å². The fourth-order valence-electron chi connectivity index (χ4n) is 1.04. The number of terminal acetylenes is 1. The molecule has 0 radical (unpaired) electrons. The van der Waals surface area contributed by atoms with Crippen LogP contribution in [-0.4, -0.2) is 11.1 Å². The highest BCUT2D eigenvalue weighted by Crippen LogP contribution is 2.23. The maximum Gasteiger partial charge on any atom is 0.0592 e. The lowest BCUT2D eigenvalue weighted by Crippen LogP contribution is -1.80. The molecule has 0 spiro atoms. The van der Waals surface area contributed by atoms with E-state index in [2.05, 4.69) is 46.1 Å². The Morgan fingerprint density at radius 3 is 2.93 bits per heavy atom. The molecule has 0 atom stereocenters. The summed E-state index contributed by atoms with van der Waals surface area (Å²) in [5.41, 5.74) is 1.23. The highest BCUT2D eigenvalue weighted by atomic mass is 79.9. The third-order valence-electron chi connectivity index (χ3n) is 1.62. The van der Waals surface area contributed by atoms with Crippen LogP contribution < -0.4 is 0 Å². The third-order valence-corrected chi connectivity index (χ3v) is 2.98. The van der Waals surface area contributed by atoms with Gasteiger partial charge in [-0.25, -0.2) is 0 Å². The van der Waals surface area contributed by atoms with Gasteiger partial charge in [-0.3, -0.25) is 0 Å². The van der Waals surface area contributed by atoms with E-state index in [4.69, 9.17) is 6.42 Å². The first-order chi connectivity index (χ1) is 6.88. The standard InChI is InChI=1S/C12H11BrS/c1-2-10-14-12-8-4-3-6-11(12)7-5-9-13/h1,3-8H,9-10H2/b7-5+. The SMILES string of the molecule is C#CCSc1ccccc1/C=C/CBr. The zero-order valence-corrected chi connectivity index (χ0v) is 10.1. The molecule has 1 aromatic carbocycles. The van der Waals surface area contributed by atoms with Crippen molar-refractivity contribution in [1.82, 2.24) is 0 Å². The van der Waals surface area contributed by atoms with Crippen molar-refractivity contribution >= 4 is 33.8 Å². The van der Waals surface area contributed by atoms with Gasteiger partial charge in [0.05, 0.1) is 5.75 Å². The topological polar surface area (TPSA) is 0 Å². The van der Waals surface area contributed by atoms with Gasteiger partial charge in [-0.2, -0.15) is 0 Å². The molecule has 0 fully saturated rings. The van der Waals surface area contributed by atoms with Crippen molar-refractivity contribution < 1.29 is 0 Å². The minimum absolute atomic E-state index is 0.721. The molecule has 0 unspecified atom stereocenters. The predicted molar refractivity (Wildman–Crippen MR) is 68.8 cm³/mol. The number of hydrogen-bond donors (Lipinski definition) is 0. The summed E-state index contributed by atoms with van der Waals surface area (Å²) in [6.45, 7) is 0. The minimum atomic E-state index is 0.721. The summed E-state index contributed by atoms with van der Waals surface area (Å²) in [4.78, 5) is 1.24. The third kappa shape index (κ3) is 3.61. The van der Waals surface area contributed by atoms with E-state index >= 15 is 0 Å². The van der Waals surface area contributed by atoms with E-state index in [0.29, 0.717) is 0 Å². The Morgan fingerprint density at radius 2 is 2.21 bits per heavy atom. The summed E-state index contributed by atoms with van der Waals surface area (Å²) in [7, 11) is 0. The van der Waals surface area contributed by atoms with Crippen LogP contribution in [0.3, 0.4) is 0 Å². The lowest BCUT2D eigenvalue weighted by Gasteiger charge is -2.02. The monoisotopic (exact) mass is 266 g/mol. The fraction of sp³-hybridized carbons (Fsp3) is 0.167. The Hall–Kier alpha value is -0.650. The molecule has 0 saturated heterocycles. The second kappa shape index (κ2) is 6.75. The van der Waals surface area contributed by atoms with Crippen LogP contribution >= 0.6 is 27.7 Å². The molecule has 0 nitrogen and oxygen atoms in total. The van der Waals surface area contributed by atoms with Gasteiger partial charge in [0, 0.05) is 10.2 Å². The highest BCUT2D eigenvalue weighted by molar-refractivity contribution is 9.09. The van der Waals surface area contributed by atoms with Gasteiger partial charge < -0.3 is 0 Å². The van der Waals surface area contributed by atoms with Crippen molar-refractivity contribution in [2.45, 2.75) is 4.90 Å². The Labute approximate surface area is 97.9 Å². The average molecular weight is 267 g/mol. The molecule has 0 saturated carbocycles. The van der Waals surface area contributed by atoms with Crippen molar-refractivity contribution in [2.75, 3.05) is 11.1 Å². The Bertz CT molecular complexity index is 350. The summed E-state index contributed by atoms with van der Waals surface area (Å²) in [6.07, 6.45) is 9.41. The number of benzene rings is 1. The zero-order valence-electron chi connectivity index (χ0n) is 7.74. The Morgan fingerprint density at radius 1 is 1.43 bits per heavy atom. The van der Waals surface area contributed by atoms with Crippen LogP contribution in [0, 0.1) is 12.3 Å². The molecule has 0 aliphatic rings. The Balaban J connectivity index is 2.81. The molecule has 72 valence electrons. The lowest BCUT2D eigenvalue weighted by atomic mass is 10.2. The molecular formula is C12H11BrS. The molecule has 0 bridgehead atoms. The van der Waals surface area contributed by atoms with E-state index < -0.39 is 0 Å². The first-order valence-electron chi connectivity index (χ1n) is 4.26. The quantitative estimate of drug-likeness (QED) is 0.454. The maximum absolute atomic E-state index is 5.23. The highest BCUT2D eigenvalue weighted by Gasteiger charge is 1.97. The summed E-state index contributed by atoms with van der Waals surface area (Å²) in [6, 6.07) is 8.26. The number of alkyl halides is 1. The van der Waals surface area contributed by atoms with Crippen molar-refractivity contribution in [1.29, 1.82) is 0 Å². The van der Waals surface area contributed by atoms with Gasteiger partial charge in [-0.1, -0.05) is 52.2 Å². The fourth-order valence-corrected chi connectivity index (χ4v) is 1.94. The summed E-state index contributed by atoms with van der Waals surface area (Å²) in [5, 5.41) is 0.876. The van der Waals surface area contributed by atoms with Crippen LogP contribution in [-0.2, 0) is 0 Å². The number of hydrogen-bond acceptors (Lipinski definition) is 1. The number of thioether (sulfide) groups is 1. The van der Waals surface area contributed by atoms with E-state index in [-0.39, 0.29) is 0 Å². The van der Waals surface area contributed by atoms with Crippen molar-refractivity contribution in [3.8, 4) is 12.3 Å². The van der Waals surface area contributed by atoms with E-state index in [1.807, 2.05) is 12.1 Å². The molecule has 0 heterocycles. The predicted octanol–water partition coefficient (Wildman–Crippen LogP) is 3.82. The van der Waals surface area contributed by atoms with E-state index in [1.165, 1.54) is 10.5 Å². The van der Waals surface area contributed by atoms with Crippen molar-refractivity contribution in [3.05, 3.63) is 35.9 Å². The van der Waals surface area contributed by atoms with E-state index in [9.17, 15) is 0 Å². The molecule has 0 aromatic heterocycles. The Kier molecular flexibility index (Phi) is 5.51. The van der Waals surface area contributed by atoms with Gasteiger partial charge in [-0.05, 0) is 11.6 Å². The molecular weight excluding hydrogens is 256 g/mol. The molecule has 2 heteroatoms. The second-order valence-electron chi connectivity index (χ2n) is 2.59. The van der Waals surface area contributed by atoms with Crippen molar-refractivity contribution in [2.24, 2.45) is 0 Å². The largest absolute Gasteiger partial charge is 0.119 e. The normalized spacial score (nSPS) is 10.3. The maximum atomic E-state index is 5.23. The summed E-state index contributed by atoms with van der Waals surface area (Å²) < 4.78 is 0. The molecule has 0 N–H and O–H groups in total. The van der Waals surface area contributed by atoms with Gasteiger partial charge in [-0.15, -0.1) is 18.2 Å². The molecule has 1 rings (SSSR count). The zero-order chi connectivity index (χ0) is 10.2. The minimum Gasteiger partial charge on any atom is -0.119 e. The molecule has 1 aromatic rings. The van der Waals surface area contributed by atoms with E-state index in [0.717, 1.165) is 11.1 Å². The van der Waals surface area contributed by atoms with Gasteiger partial charge >= 0.3 is 0 Å². The number of allylic oxidation sites excluding steroid dienone is 1. The molecule has 0 aliphatic carbocycles. The first-order valence-corrected chi connectivity index (χ1v) is 6.37. The van der Waals surface area contributed by atoms with Gasteiger partial charge in [0.15, 0.2) is 0 Å². The van der Waals surface area contributed by atoms with Crippen molar-refractivity contribution in [3.63, 3.8) is 0 Å². The summed E-state index contributed by atoms with van der Waals surface area (Å²) >= 11 is 5.05. The van der Waals surface area contributed by atoms with Crippen LogP contribution in [0.5, 0.6) is 0 Å². The van der Waals surface area contributed by atoms with Crippen LogP contribution in [0.15, 0.2) is 35.2 Å². The van der Waals surface area contributed by atoms with Gasteiger partial charge in [0.2, 0.25) is 0 Å². The summed E-state index contributed by atoms with van der Waals surface area (Å²) in [5.74, 6) is 3.35. The van der Waals surface area contributed by atoms with Crippen LogP contribution in [0.2, 0.25) is 0 Å².